The van der Waals surface area contributed by atoms with Crippen molar-refractivity contribution < 1.29 is 18.8 Å². The first-order chi connectivity index (χ1) is 17.3. The quantitative estimate of drug-likeness (QED) is 0.260. The summed E-state index contributed by atoms with van der Waals surface area (Å²) in [7, 11) is -0.215. The van der Waals surface area contributed by atoms with Gasteiger partial charge in [-0.05, 0) is 94.1 Å². The minimum absolute atomic E-state index is 0.182. The minimum atomic E-state index is -0.580. The molecule has 2 bridgehead atoms. The summed E-state index contributed by atoms with van der Waals surface area (Å²) in [6.45, 7) is 14.7. The smallest absolute Gasteiger partial charge is 0.456 e. The molecule has 0 amide bonds. The molecule has 4 atom stereocenters. The van der Waals surface area contributed by atoms with E-state index in [2.05, 4.69) is 37.0 Å². The Balaban J connectivity index is 1.32. The van der Waals surface area contributed by atoms with Crippen molar-refractivity contribution in [2.24, 2.45) is 17.3 Å². The van der Waals surface area contributed by atoms with Crippen molar-refractivity contribution in [1.29, 1.82) is 0 Å². The van der Waals surface area contributed by atoms with Gasteiger partial charge in [-0.1, -0.05) is 49.1 Å². The van der Waals surface area contributed by atoms with Crippen LogP contribution in [-0.4, -0.2) is 40.6 Å². The van der Waals surface area contributed by atoms with Gasteiger partial charge in [0.05, 0.1) is 17.3 Å². The third-order valence-electron chi connectivity index (χ3n) is 8.69. The summed E-state index contributed by atoms with van der Waals surface area (Å²) in [5.74, 6) is 1.57. The normalized spacial score (nSPS) is 28.1. The molecule has 3 saturated carbocycles. The monoisotopic (exact) mass is 543 g/mol. The first-order valence-corrected chi connectivity index (χ1v) is 15.0. The fourth-order valence-electron chi connectivity index (χ4n) is 6.58. The molecular weight excluding hydrogens is 505 g/mol. The highest BCUT2D eigenvalue weighted by Crippen LogP contribution is 2.65. The fraction of sp³-hybridized carbons (Fsp3) is 0.667. The summed E-state index contributed by atoms with van der Waals surface area (Å²) < 4.78 is 19.6. The van der Waals surface area contributed by atoms with Crippen LogP contribution in [0.25, 0.3) is 0 Å². The zero-order valence-corrected chi connectivity index (χ0v) is 24.6. The second-order valence-corrected chi connectivity index (χ2v) is 14.7. The number of esters is 1. The van der Waals surface area contributed by atoms with Crippen molar-refractivity contribution in [3.8, 4) is 0 Å². The van der Waals surface area contributed by atoms with E-state index in [4.69, 9.17) is 19.8 Å². The van der Waals surface area contributed by atoms with Crippen LogP contribution < -0.4 is 5.73 Å². The zero-order chi connectivity index (χ0) is 26.8. The summed E-state index contributed by atoms with van der Waals surface area (Å²) >= 11 is 2.87. The van der Waals surface area contributed by atoms with Crippen LogP contribution in [0.2, 0.25) is 6.32 Å². The molecule has 2 heterocycles. The van der Waals surface area contributed by atoms with Crippen molar-refractivity contribution in [3.05, 3.63) is 34.4 Å². The number of benzene rings is 1. The number of nitrogens with two attached hydrogens (primary N) is 1. The molecule has 1 aromatic heterocycles. The number of thioether (sulfide) groups is 1. The topological polar surface area (TPSA) is 96.6 Å². The van der Waals surface area contributed by atoms with Gasteiger partial charge in [0.25, 0.3) is 0 Å². The molecule has 1 aromatic carbocycles. The maximum absolute atomic E-state index is 13.3. The van der Waals surface area contributed by atoms with Crippen LogP contribution in [0.1, 0.15) is 81.4 Å². The summed E-state index contributed by atoms with van der Waals surface area (Å²) in [4.78, 5) is 13.3. The van der Waals surface area contributed by atoms with Gasteiger partial charge in [-0.25, -0.2) is 4.79 Å². The third kappa shape index (κ3) is 5.06. The van der Waals surface area contributed by atoms with Crippen molar-refractivity contribution in [2.45, 2.75) is 101 Å². The number of hydrogen-bond donors (Lipinski definition) is 1. The SMILES string of the molecule is Cc1c(CCB2OC3CC4CC(C4(C)C)[C@]3(C)O2)ccc(CSc2nnc(N)s2)c1C(=O)OC(C)(C)C. The molecule has 6 rings (SSSR count). The maximum Gasteiger partial charge on any atom is 0.457 e. The largest absolute Gasteiger partial charge is 0.457 e. The summed E-state index contributed by atoms with van der Waals surface area (Å²) in [5, 5.41) is 8.42. The fourth-order valence-corrected chi connectivity index (χ4v) is 8.21. The number of aromatic nitrogens is 2. The minimum Gasteiger partial charge on any atom is -0.456 e. The molecule has 2 aromatic rings. The maximum atomic E-state index is 13.3. The van der Waals surface area contributed by atoms with Gasteiger partial charge in [-0.15, -0.1) is 10.2 Å². The number of carbonyl (C=O) groups excluding carboxylic acids is 1. The second kappa shape index (κ2) is 9.54. The van der Waals surface area contributed by atoms with Gasteiger partial charge in [-0.2, -0.15) is 0 Å². The van der Waals surface area contributed by atoms with Gasteiger partial charge in [0.2, 0.25) is 5.13 Å². The van der Waals surface area contributed by atoms with Crippen molar-refractivity contribution in [2.75, 3.05) is 5.73 Å². The molecule has 3 aliphatic carbocycles. The highest BCUT2D eigenvalue weighted by molar-refractivity contribution is 8.00. The van der Waals surface area contributed by atoms with E-state index < -0.39 is 5.60 Å². The first-order valence-electron chi connectivity index (χ1n) is 13.2. The molecule has 37 heavy (non-hydrogen) atoms. The first kappa shape index (κ1) is 27.0. The Labute approximate surface area is 228 Å². The number of aryl methyl sites for hydroxylation is 1. The number of ether oxygens (including phenoxy) is 1. The Morgan fingerprint density at radius 3 is 2.62 bits per heavy atom. The predicted octanol–water partition coefficient (Wildman–Crippen LogP) is 5.95. The Morgan fingerprint density at radius 2 is 1.97 bits per heavy atom. The van der Waals surface area contributed by atoms with Crippen LogP contribution in [-0.2, 0) is 26.2 Å². The van der Waals surface area contributed by atoms with Crippen molar-refractivity contribution in [1.82, 2.24) is 10.2 Å². The lowest BCUT2D eigenvalue weighted by Gasteiger charge is -2.64. The Hall–Kier alpha value is -1.62. The molecule has 1 saturated heterocycles. The number of carbonyl (C=O) groups is 1. The van der Waals surface area contributed by atoms with Crippen molar-refractivity contribution in [3.63, 3.8) is 0 Å². The van der Waals surface area contributed by atoms with Gasteiger partial charge in [0, 0.05) is 5.75 Å². The lowest BCUT2D eigenvalue weighted by Crippen LogP contribution is -2.65. The highest BCUT2D eigenvalue weighted by atomic mass is 32.2. The number of nitrogen functional groups attached to an aromatic ring is 1. The van der Waals surface area contributed by atoms with E-state index in [9.17, 15) is 4.79 Å². The lowest BCUT2D eigenvalue weighted by atomic mass is 9.43. The van der Waals surface area contributed by atoms with Crippen LogP contribution in [0, 0.1) is 24.2 Å². The average molecular weight is 544 g/mol. The number of anilines is 1. The second-order valence-electron chi connectivity index (χ2n) is 12.5. The van der Waals surface area contributed by atoms with E-state index in [0.717, 1.165) is 46.1 Å². The summed E-state index contributed by atoms with van der Waals surface area (Å²) in [6.07, 6.45) is 4.05. The highest BCUT2D eigenvalue weighted by Gasteiger charge is 2.67. The third-order valence-corrected chi connectivity index (χ3v) is 10.6. The van der Waals surface area contributed by atoms with Crippen LogP contribution in [0.15, 0.2) is 16.5 Å². The van der Waals surface area contributed by atoms with E-state index in [1.54, 1.807) is 0 Å². The zero-order valence-electron chi connectivity index (χ0n) is 22.9. The number of nitrogens with zero attached hydrogens (tertiary/aromatic N) is 2. The average Bonchev–Trinajstić information content (AvgIpc) is 3.36. The standard InChI is InChI=1S/C27H38BN3O4S2/c1-15-16(10-11-28-34-20-13-18-12-19(26(18,5)6)27(20,7)35-28)8-9-17(14-36-24-31-30-23(29)37-24)21(15)22(32)33-25(2,3)4/h8-9,18-20H,10-14H2,1-7H3,(H2,29,30)/t18?,19?,20?,27-/m0/s1. The van der Waals surface area contributed by atoms with Gasteiger partial charge in [0.1, 0.15) is 5.60 Å². The predicted molar refractivity (Wildman–Crippen MR) is 149 cm³/mol. The number of rotatable bonds is 7. The van der Waals surface area contributed by atoms with Crippen LogP contribution in [0.5, 0.6) is 0 Å². The van der Waals surface area contributed by atoms with E-state index in [1.165, 1.54) is 29.5 Å². The molecule has 7 nitrogen and oxygen atoms in total. The molecule has 4 fully saturated rings. The van der Waals surface area contributed by atoms with Crippen molar-refractivity contribution >= 4 is 41.3 Å². The molecule has 4 aliphatic rings. The van der Waals surface area contributed by atoms with Gasteiger partial charge in [-0.3, -0.25) is 0 Å². The summed E-state index contributed by atoms with van der Waals surface area (Å²) in [5.41, 5.74) is 8.90. The van der Waals surface area contributed by atoms with E-state index >= 15 is 0 Å². The molecule has 3 unspecified atom stereocenters. The summed E-state index contributed by atoms with van der Waals surface area (Å²) in [6, 6.07) is 4.16. The molecule has 0 radical (unpaired) electrons. The lowest BCUT2D eigenvalue weighted by molar-refractivity contribution is -0.199. The molecule has 200 valence electrons. The van der Waals surface area contributed by atoms with Gasteiger partial charge >= 0.3 is 13.1 Å². The molecule has 1 aliphatic heterocycles. The van der Waals surface area contributed by atoms with Crippen LogP contribution >= 0.6 is 23.1 Å². The Bertz CT molecular complexity index is 1200. The van der Waals surface area contributed by atoms with Gasteiger partial charge in [0.15, 0.2) is 4.34 Å². The Kier molecular flexibility index (Phi) is 6.95. The van der Waals surface area contributed by atoms with Gasteiger partial charge < -0.3 is 19.8 Å². The number of hydrogen-bond acceptors (Lipinski definition) is 9. The van der Waals surface area contributed by atoms with E-state index in [-0.39, 0.29) is 24.8 Å². The molecule has 0 spiro atoms. The molecular formula is C27H38BN3O4S2. The molecule has 10 heteroatoms. The molecule has 2 N–H and O–H groups in total. The van der Waals surface area contributed by atoms with E-state index in [1.807, 2.05) is 33.8 Å². The Morgan fingerprint density at radius 1 is 1.24 bits per heavy atom. The van der Waals surface area contributed by atoms with Crippen LogP contribution in [0.4, 0.5) is 5.13 Å². The van der Waals surface area contributed by atoms with E-state index in [0.29, 0.717) is 27.8 Å². The van der Waals surface area contributed by atoms with Crippen LogP contribution in [0.3, 0.4) is 0 Å².